The second-order valence-electron chi connectivity index (χ2n) is 13.0. The molecule has 2 atom stereocenters. The number of benzene rings is 3. The van der Waals surface area contributed by atoms with Gasteiger partial charge in [-0.25, -0.2) is 10.5 Å². The lowest BCUT2D eigenvalue weighted by Crippen LogP contribution is -2.49. The first kappa shape index (κ1) is 28.7. The van der Waals surface area contributed by atoms with Crippen LogP contribution >= 0.6 is 0 Å². The molecule has 3 aliphatic rings. The van der Waals surface area contributed by atoms with Crippen LogP contribution in [0.15, 0.2) is 78.9 Å². The molecule has 7 rings (SSSR count). The Balaban J connectivity index is 1.05. The van der Waals surface area contributed by atoms with Gasteiger partial charge >= 0.3 is 0 Å². The highest BCUT2D eigenvalue weighted by Crippen LogP contribution is 2.45. The number of nitrogens with zero attached hydrogens (tertiary/aromatic N) is 4. The molecule has 8 heteroatoms. The highest BCUT2D eigenvalue weighted by atomic mass is 16.5. The van der Waals surface area contributed by atoms with E-state index in [9.17, 15) is 9.59 Å². The third kappa shape index (κ3) is 5.20. The summed E-state index contributed by atoms with van der Waals surface area (Å²) in [5.41, 5.74) is 6.14. The third-order valence-corrected chi connectivity index (χ3v) is 10.7. The van der Waals surface area contributed by atoms with E-state index in [1.54, 1.807) is 29.7 Å². The monoisotopic (exact) mass is 591 g/mol. The summed E-state index contributed by atoms with van der Waals surface area (Å²) in [6.07, 6.45) is 7.77. The lowest BCUT2D eigenvalue weighted by atomic mass is 9.70. The van der Waals surface area contributed by atoms with E-state index >= 15 is 0 Å². The lowest BCUT2D eigenvalue weighted by molar-refractivity contribution is 0.0607. The number of likely N-dealkylation sites (tertiary alicyclic amines) is 1. The molecular formula is C36H41N5O3. The summed E-state index contributed by atoms with van der Waals surface area (Å²) in [4.78, 5) is 35.0. The molecule has 44 heavy (non-hydrogen) atoms. The number of para-hydroxylation sites is 2. The van der Waals surface area contributed by atoms with Crippen molar-refractivity contribution >= 4 is 22.8 Å². The molecule has 4 heterocycles. The highest BCUT2D eigenvalue weighted by Gasteiger charge is 2.44. The van der Waals surface area contributed by atoms with Gasteiger partial charge in [-0.15, -0.1) is 0 Å². The van der Waals surface area contributed by atoms with Gasteiger partial charge in [0.2, 0.25) is 0 Å². The minimum Gasteiger partial charge on any atom is -0.339 e. The van der Waals surface area contributed by atoms with Crippen LogP contribution in [-0.2, 0) is 5.41 Å². The zero-order valence-corrected chi connectivity index (χ0v) is 25.4. The molecule has 2 N–H and O–H groups in total. The zero-order valence-electron chi connectivity index (χ0n) is 25.4. The number of hydrogen-bond donors (Lipinski definition) is 2. The highest BCUT2D eigenvalue weighted by molar-refractivity contribution is 5.99. The summed E-state index contributed by atoms with van der Waals surface area (Å²) in [5.74, 6) is 0.436. The van der Waals surface area contributed by atoms with Gasteiger partial charge in [0.1, 0.15) is 5.82 Å². The van der Waals surface area contributed by atoms with Crippen LogP contribution < -0.4 is 5.48 Å². The molecule has 8 nitrogen and oxygen atoms in total. The number of aryl methyl sites for hydroxylation is 1. The summed E-state index contributed by atoms with van der Waals surface area (Å²) < 4.78 is 2.50. The Morgan fingerprint density at radius 1 is 0.886 bits per heavy atom. The Bertz CT molecular complexity index is 1640. The molecule has 2 amide bonds. The smallest absolute Gasteiger partial charge is 0.274 e. The number of carbonyl (C=O) groups is 2. The van der Waals surface area contributed by atoms with Crippen LogP contribution in [0.1, 0.15) is 83.1 Å². The Kier molecular flexibility index (Phi) is 7.72. The third-order valence-electron chi connectivity index (χ3n) is 10.7. The number of hydroxylamine groups is 1. The normalized spacial score (nSPS) is 23.1. The summed E-state index contributed by atoms with van der Waals surface area (Å²) in [5, 5.41) is 9.02. The van der Waals surface area contributed by atoms with Crippen LogP contribution in [0.5, 0.6) is 0 Å². The van der Waals surface area contributed by atoms with Gasteiger partial charge in [-0.05, 0) is 99.7 Å². The van der Waals surface area contributed by atoms with Gasteiger partial charge in [0.05, 0.1) is 11.0 Å². The Morgan fingerprint density at radius 3 is 2.30 bits per heavy atom. The summed E-state index contributed by atoms with van der Waals surface area (Å²) in [6.45, 7) is 4.57. The Morgan fingerprint density at radius 2 is 1.57 bits per heavy atom. The van der Waals surface area contributed by atoms with Gasteiger partial charge in [0.25, 0.3) is 11.8 Å². The Hall–Kier alpha value is -4.01. The summed E-state index contributed by atoms with van der Waals surface area (Å²) in [6, 6.07) is 27.7. The van der Waals surface area contributed by atoms with Crippen molar-refractivity contribution in [2.24, 2.45) is 0 Å². The van der Waals surface area contributed by atoms with Crippen molar-refractivity contribution < 1.29 is 14.8 Å². The lowest BCUT2D eigenvalue weighted by Gasteiger charge is -2.45. The van der Waals surface area contributed by atoms with Crippen molar-refractivity contribution in [3.8, 4) is 0 Å². The molecule has 3 aliphatic heterocycles. The van der Waals surface area contributed by atoms with Crippen molar-refractivity contribution in [1.82, 2.24) is 24.8 Å². The quantitative estimate of drug-likeness (QED) is 0.206. The molecule has 1 aromatic heterocycles. The van der Waals surface area contributed by atoms with E-state index in [0.717, 1.165) is 37.1 Å². The minimum absolute atomic E-state index is 0.0179. The number of aromatic nitrogens is 2. The van der Waals surface area contributed by atoms with Gasteiger partial charge in [-0.1, -0.05) is 48.5 Å². The first-order valence-electron chi connectivity index (χ1n) is 16.0. The Labute approximate surface area is 258 Å². The van der Waals surface area contributed by atoms with E-state index in [-0.39, 0.29) is 16.9 Å². The van der Waals surface area contributed by atoms with Crippen LogP contribution in [0.3, 0.4) is 0 Å². The molecule has 3 fully saturated rings. The molecule has 0 aliphatic carbocycles. The molecular weight excluding hydrogens is 550 g/mol. The average molecular weight is 592 g/mol. The maximum Gasteiger partial charge on any atom is 0.274 e. The molecule has 0 saturated carbocycles. The second-order valence-corrected chi connectivity index (χ2v) is 13.0. The molecule has 2 unspecified atom stereocenters. The van der Waals surface area contributed by atoms with E-state index in [0.29, 0.717) is 36.8 Å². The number of piperidine rings is 2. The van der Waals surface area contributed by atoms with Crippen LogP contribution in [0, 0.1) is 6.92 Å². The van der Waals surface area contributed by atoms with E-state index in [1.807, 2.05) is 4.90 Å². The zero-order chi connectivity index (χ0) is 30.3. The van der Waals surface area contributed by atoms with Gasteiger partial charge in [0, 0.05) is 42.3 Å². The van der Waals surface area contributed by atoms with Crippen LogP contribution in [0.25, 0.3) is 11.0 Å². The fourth-order valence-corrected chi connectivity index (χ4v) is 8.44. The van der Waals surface area contributed by atoms with Gasteiger partial charge in [-0.2, -0.15) is 0 Å². The number of rotatable bonds is 7. The second kappa shape index (κ2) is 11.8. The molecule has 3 aromatic carbocycles. The first-order valence-corrected chi connectivity index (χ1v) is 16.0. The molecule has 228 valence electrons. The average Bonchev–Trinajstić information content (AvgIpc) is 3.53. The van der Waals surface area contributed by atoms with E-state index < -0.39 is 5.91 Å². The van der Waals surface area contributed by atoms with Gasteiger partial charge in [0.15, 0.2) is 0 Å². The predicted octanol–water partition coefficient (Wildman–Crippen LogP) is 5.90. The molecule has 3 saturated heterocycles. The van der Waals surface area contributed by atoms with Crippen molar-refractivity contribution in [2.45, 2.75) is 75.4 Å². The standard InChI is InChI=1S/C36H41N5O3/c1-25-37-32-12-5-6-13-33(32)41(25)31-23-29-14-15-30(24-31)40(29)21-18-36(28-10-3-2-4-11-28)16-19-39(20-17-36)35(43)27-9-7-8-26(22-27)34(42)38-44/h2-13,22,29-31,44H,14-21,23-24H2,1H3,(H,38,42). The summed E-state index contributed by atoms with van der Waals surface area (Å²) in [7, 11) is 0. The number of nitrogens with one attached hydrogen (secondary N) is 1. The van der Waals surface area contributed by atoms with Crippen molar-refractivity contribution in [3.05, 3.63) is 101 Å². The van der Waals surface area contributed by atoms with Crippen LogP contribution in [0.2, 0.25) is 0 Å². The minimum atomic E-state index is -0.618. The molecule has 4 aromatic rings. The predicted molar refractivity (Wildman–Crippen MR) is 170 cm³/mol. The maximum atomic E-state index is 13.5. The van der Waals surface area contributed by atoms with Gasteiger partial charge < -0.3 is 9.47 Å². The first-order chi connectivity index (χ1) is 21.5. The van der Waals surface area contributed by atoms with Crippen molar-refractivity contribution in [1.29, 1.82) is 0 Å². The van der Waals surface area contributed by atoms with Gasteiger partial charge in [-0.3, -0.25) is 19.7 Å². The molecule has 0 radical (unpaired) electrons. The molecule has 2 bridgehead atoms. The van der Waals surface area contributed by atoms with E-state index in [1.165, 1.54) is 36.8 Å². The molecule has 0 spiro atoms. The summed E-state index contributed by atoms with van der Waals surface area (Å²) >= 11 is 0. The maximum absolute atomic E-state index is 13.5. The number of fused-ring (bicyclic) bond motifs is 3. The van der Waals surface area contributed by atoms with Crippen LogP contribution in [-0.4, -0.2) is 68.1 Å². The SMILES string of the molecule is Cc1nc2ccccc2n1C1CC2CCC(C1)N2CCC1(c2ccccc2)CCN(C(=O)c2cccc(C(=O)NO)c2)CC1. The fraction of sp³-hybridized carbons (Fsp3) is 0.417. The number of carbonyl (C=O) groups excluding carboxylic acids is 2. The van der Waals surface area contributed by atoms with Crippen LogP contribution in [0.4, 0.5) is 0 Å². The topological polar surface area (TPSA) is 90.7 Å². The number of imidazole rings is 1. The number of hydrogen-bond acceptors (Lipinski definition) is 5. The fourth-order valence-electron chi connectivity index (χ4n) is 8.44. The van der Waals surface area contributed by atoms with E-state index in [4.69, 9.17) is 10.2 Å². The largest absolute Gasteiger partial charge is 0.339 e. The van der Waals surface area contributed by atoms with Crippen molar-refractivity contribution in [2.75, 3.05) is 19.6 Å². The van der Waals surface area contributed by atoms with E-state index in [2.05, 4.69) is 71.0 Å². The number of amides is 2. The van der Waals surface area contributed by atoms with Crippen molar-refractivity contribution in [3.63, 3.8) is 0 Å².